The number of nitrogens with one attached hydrogen (secondary N) is 1. The number of halogens is 1. The normalized spacial score (nSPS) is 12.0. The number of hydrogen-bond acceptors (Lipinski definition) is 5. The molecule has 0 aliphatic rings. The molecular weight excluding hydrogens is 353 g/mol. The highest BCUT2D eigenvalue weighted by Gasteiger charge is 2.26. The molecule has 1 aromatic heterocycles. The highest BCUT2D eigenvalue weighted by Crippen LogP contribution is 2.21. The van der Waals surface area contributed by atoms with Gasteiger partial charge in [-0.2, -0.15) is 0 Å². The number of methoxy groups -OCH3 is 1. The van der Waals surface area contributed by atoms with Crippen molar-refractivity contribution in [3.8, 4) is 0 Å². The predicted molar refractivity (Wildman–Crippen MR) is 96.9 cm³/mol. The lowest BCUT2D eigenvalue weighted by Gasteiger charge is -2.10. The van der Waals surface area contributed by atoms with Crippen LogP contribution in [0.2, 0.25) is 0 Å². The molecule has 0 aliphatic heterocycles. The van der Waals surface area contributed by atoms with Crippen molar-refractivity contribution in [2.24, 2.45) is 0 Å². The standard InChI is InChI=1S/C20H20FNO5/c1-11-17(20(25)26-4)12(2)22-18(11)19(24)13(3)27-16(23)9-8-14-6-5-7-15(21)10-14/h5-10,13,22H,1-4H3/b9-8+. The van der Waals surface area contributed by atoms with Crippen LogP contribution in [0.5, 0.6) is 0 Å². The molecule has 2 rings (SSSR count). The number of ketones is 1. The van der Waals surface area contributed by atoms with Crippen LogP contribution >= 0.6 is 0 Å². The maximum absolute atomic E-state index is 13.1. The molecule has 1 unspecified atom stereocenters. The molecule has 1 atom stereocenters. The van der Waals surface area contributed by atoms with Crippen molar-refractivity contribution in [2.75, 3.05) is 7.11 Å². The van der Waals surface area contributed by atoms with E-state index in [9.17, 15) is 18.8 Å². The third-order valence-corrected chi connectivity index (χ3v) is 4.00. The zero-order chi connectivity index (χ0) is 20.1. The number of hydrogen-bond donors (Lipinski definition) is 1. The Hall–Kier alpha value is -3.22. The molecule has 0 spiro atoms. The number of benzene rings is 1. The van der Waals surface area contributed by atoms with E-state index >= 15 is 0 Å². The van der Waals surface area contributed by atoms with Crippen LogP contribution in [0.25, 0.3) is 6.08 Å². The van der Waals surface area contributed by atoms with Crippen molar-refractivity contribution in [1.29, 1.82) is 0 Å². The number of aromatic amines is 1. The van der Waals surface area contributed by atoms with Crippen LogP contribution in [0.15, 0.2) is 30.3 Å². The van der Waals surface area contributed by atoms with Gasteiger partial charge in [-0.1, -0.05) is 12.1 Å². The maximum atomic E-state index is 13.1. The zero-order valence-electron chi connectivity index (χ0n) is 15.5. The third kappa shape index (κ3) is 4.69. The molecule has 0 bridgehead atoms. The summed E-state index contributed by atoms with van der Waals surface area (Å²) >= 11 is 0. The van der Waals surface area contributed by atoms with Gasteiger partial charge in [-0.15, -0.1) is 0 Å². The van der Waals surface area contributed by atoms with Gasteiger partial charge in [0.1, 0.15) is 5.82 Å². The lowest BCUT2D eigenvalue weighted by Crippen LogP contribution is -2.24. The first-order valence-electron chi connectivity index (χ1n) is 8.20. The van der Waals surface area contributed by atoms with Crippen molar-refractivity contribution >= 4 is 23.8 Å². The zero-order valence-corrected chi connectivity index (χ0v) is 15.5. The Morgan fingerprint density at radius 2 is 1.93 bits per heavy atom. The van der Waals surface area contributed by atoms with Gasteiger partial charge in [0.2, 0.25) is 5.78 Å². The lowest BCUT2D eigenvalue weighted by atomic mass is 10.1. The summed E-state index contributed by atoms with van der Waals surface area (Å²) in [6.45, 7) is 4.69. The van der Waals surface area contributed by atoms with Gasteiger partial charge in [0.05, 0.1) is 18.4 Å². The molecule has 1 N–H and O–H groups in total. The average Bonchev–Trinajstić information content (AvgIpc) is 2.93. The Kier molecular flexibility index (Phi) is 6.28. The number of aromatic nitrogens is 1. The van der Waals surface area contributed by atoms with Gasteiger partial charge in [0.25, 0.3) is 0 Å². The van der Waals surface area contributed by atoms with E-state index < -0.39 is 29.6 Å². The van der Waals surface area contributed by atoms with E-state index in [1.54, 1.807) is 19.9 Å². The van der Waals surface area contributed by atoms with Crippen LogP contribution in [0.4, 0.5) is 4.39 Å². The van der Waals surface area contributed by atoms with Crippen molar-refractivity contribution < 1.29 is 28.2 Å². The summed E-state index contributed by atoms with van der Waals surface area (Å²) in [7, 11) is 1.26. The molecule has 0 radical (unpaired) electrons. The molecule has 0 fully saturated rings. The van der Waals surface area contributed by atoms with Crippen LogP contribution < -0.4 is 0 Å². The van der Waals surface area contributed by atoms with Crippen molar-refractivity contribution in [3.05, 3.63) is 64.2 Å². The largest absolute Gasteiger partial charge is 0.465 e. The topological polar surface area (TPSA) is 85.5 Å². The van der Waals surface area contributed by atoms with E-state index in [1.807, 2.05) is 0 Å². The van der Waals surface area contributed by atoms with Gasteiger partial charge in [0, 0.05) is 11.8 Å². The molecule has 2 aromatic rings. The SMILES string of the molecule is COC(=O)c1c(C)[nH]c(C(=O)C(C)OC(=O)/C=C/c2cccc(F)c2)c1C. The van der Waals surface area contributed by atoms with E-state index in [4.69, 9.17) is 9.47 Å². The average molecular weight is 373 g/mol. The molecule has 0 aliphatic carbocycles. The van der Waals surface area contributed by atoms with Crippen LogP contribution in [0.1, 0.15) is 44.6 Å². The van der Waals surface area contributed by atoms with E-state index in [0.29, 0.717) is 16.8 Å². The number of aryl methyl sites for hydroxylation is 1. The fraction of sp³-hybridized carbons (Fsp3) is 0.250. The summed E-state index contributed by atoms with van der Waals surface area (Å²) in [5, 5.41) is 0. The molecule has 1 heterocycles. The number of esters is 2. The second kappa shape index (κ2) is 8.44. The number of rotatable bonds is 6. The molecule has 6 nitrogen and oxygen atoms in total. The highest BCUT2D eigenvalue weighted by atomic mass is 19.1. The van der Waals surface area contributed by atoms with Gasteiger partial charge in [-0.3, -0.25) is 4.79 Å². The van der Waals surface area contributed by atoms with Crippen LogP contribution in [-0.4, -0.2) is 35.9 Å². The minimum atomic E-state index is -1.07. The predicted octanol–water partition coefficient (Wildman–Crippen LogP) is 3.39. The molecule has 7 heteroatoms. The molecular formula is C20H20FNO5. The highest BCUT2D eigenvalue weighted by molar-refractivity contribution is 6.04. The number of ether oxygens (including phenoxy) is 2. The molecule has 0 amide bonds. The van der Waals surface area contributed by atoms with E-state index in [0.717, 1.165) is 6.08 Å². The number of H-pyrrole nitrogens is 1. The number of carbonyl (C=O) groups is 3. The Balaban J connectivity index is 2.09. The van der Waals surface area contributed by atoms with Crippen molar-refractivity contribution in [2.45, 2.75) is 26.9 Å². The van der Waals surface area contributed by atoms with Gasteiger partial charge >= 0.3 is 11.9 Å². The fourth-order valence-corrected chi connectivity index (χ4v) is 2.65. The lowest BCUT2D eigenvalue weighted by molar-refractivity contribution is -0.140. The first-order chi connectivity index (χ1) is 12.7. The van der Waals surface area contributed by atoms with Gasteiger partial charge in [0.15, 0.2) is 6.10 Å². The first-order valence-corrected chi connectivity index (χ1v) is 8.20. The Morgan fingerprint density at radius 1 is 1.22 bits per heavy atom. The van der Waals surface area contributed by atoms with Crippen LogP contribution in [0.3, 0.4) is 0 Å². The monoisotopic (exact) mass is 373 g/mol. The van der Waals surface area contributed by atoms with Gasteiger partial charge in [-0.05, 0) is 50.1 Å². The number of Topliss-reactive ketones (excluding diaryl/α,β-unsaturated/α-hetero) is 1. The van der Waals surface area contributed by atoms with Crippen LogP contribution in [0, 0.1) is 19.7 Å². The fourth-order valence-electron chi connectivity index (χ4n) is 2.65. The maximum Gasteiger partial charge on any atom is 0.339 e. The van der Waals surface area contributed by atoms with Gasteiger partial charge < -0.3 is 14.5 Å². The number of carbonyl (C=O) groups excluding carboxylic acids is 3. The molecule has 27 heavy (non-hydrogen) atoms. The first kappa shape index (κ1) is 20.1. The van der Waals surface area contributed by atoms with Crippen LogP contribution in [-0.2, 0) is 14.3 Å². The van der Waals surface area contributed by atoms with Crippen molar-refractivity contribution in [3.63, 3.8) is 0 Å². The molecule has 0 saturated carbocycles. The summed E-state index contributed by atoms with van der Waals surface area (Å²) < 4.78 is 22.9. The Labute approximate surface area is 156 Å². The van der Waals surface area contributed by atoms with Crippen molar-refractivity contribution in [1.82, 2.24) is 4.98 Å². The Bertz CT molecular complexity index is 913. The molecule has 142 valence electrons. The smallest absolute Gasteiger partial charge is 0.339 e. The summed E-state index contributed by atoms with van der Waals surface area (Å²) in [6, 6.07) is 5.69. The molecule has 1 aromatic carbocycles. The van der Waals surface area contributed by atoms with Gasteiger partial charge in [-0.25, -0.2) is 14.0 Å². The summed E-state index contributed by atoms with van der Waals surface area (Å²) in [5.74, 6) is -2.19. The minimum absolute atomic E-state index is 0.183. The second-order valence-electron chi connectivity index (χ2n) is 5.95. The van der Waals surface area contributed by atoms with E-state index in [2.05, 4.69) is 4.98 Å². The summed E-state index contributed by atoms with van der Waals surface area (Å²) in [6.07, 6.45) is 1.43. The summed E-state index contributed by atoms with van der Waals surface area (Å²) in [4.78, 5) is 39.1. The molecule has 0 saturated heterocycles. The summed E-state index contributed by atoms with van der Waals surface area (Å²) in [5.41, 5.74) is 1.88. The quantitative estimate of drug-likeness (QED) is 0.477. The third-order valence-electron chi connectivity index (χ3n) is 4.00. The van der Waals surface area contributed by atoms with E-state index in [1.165, 1.54) is 38.3 Å². The van der Waals surface area contributed by atoms with E-state index in [-0.39, 0.29) is 11.3 Å². The second-order valence-corrected chi connectivity index (χ2v) is 5.95. The minimum Gasteiger partial charge on any atom is -0.465 e. The Morgan fingerprint density at radius 3 is 2.56 bits per heavy atom.